The molecule has 2 rings (SSSR count). The molecule has 1 aliphatic rings. The Morgan fingerprint density at radius 3 is 2.72 bits per heavy atom. The van der Waals surface area contributed by atoms with Crippen molar-refractivity contribution in [3.63, 3.8) is 0 Å². The van der Waals surface area contributed by atoms with Gasteiger partial charge in [-0.05, 0) is 31.0 Å². The Balaban J connectivity index is 2.10. The molecule has 1 fully saturated rings. The summed E-state index contributed by atoms with van der Waals surface area (Å²) in [5.41, 5.74) is 0.0115. The molecule has 1 amide bonds. The van der Waals surface area contributed by atoms with Crippen LogP contribution in [0.2, 0.25) is 5.02 Å². The number of hydrogen-bond acceptors (Lipinski definition) is 3. The van der Waals surface area contributed by atoms with Gasteiger partial charge in [-0.3, -0.25) is 4.79 Å². The number of hydrogen-bond donors (Lipinski definition) is 2. The molecule has 98 valence electrons. The van der Waals surface area contributed by atoms with Gasteiger partial charge < -0.3 is 15.2 Å². The number of methoxy groups -OCH3 is 1. The quantitative estimate of drug-likeness (QED) is 0.883. The predicted molar refractivity (Wildman–Crippen MR) is 70.0 cm³/mol. The molecule has 1 aromatic carbocycles. The normalized spacial score (nSPS) is 16.8. The molecule has 2 N–H and O–H groups in total. The number of aliphatic hydroxyl groups excluding tert-OH is 1. The van der Waals surface area contributed by atoms with Crippen LogP contribution in [0.1, 0.15) is 19.3 Å². The summed E-state index contributed by atoms with van der Waals surface area (Å²) in [5, 5.41) is 12.5. The van der Waals surface area contributed by atoms with Crippen LogP contribution in [0.25, 0.3) is 0 Å². The molecule has 0 aliphatic heterocycles. The van der Waals surface area contributed by atoms with Crippen LogP contribution in [0.3, 0.4) is 0 Å². The van der Waals surface area contributed by atoms with E-state index in [1.807, 2.05) is 0 Å². The summed E-state index contributed by atoms with van der Waals surface area (Å²) >= 11 is 5.98. The highest BCUT2D eigenvalue weighted by atomic mass is 35.5. The Bertz CT molecular complexity index is 452. The average molecular weight is 270 g/mol. The van der Waals surface area contributed by atoms with Crippen molar-refractivity contribution in [2.24, 2.45) is 5.41 Å². The predicted octanol–water partition coefficient (Wildman–Crippen LogP) is 2.45. The highest BCUT2D eigenvalue weighted by Gasteiger charge is 2.43. The van der Waals surface area contributed by atoms with Crippen LogP contribution < -0.4 is 10.1 Å². The van der Waals surface area contributed by atoms with Crippen molar-refractivity contribution >= 4 is 23.2 Å². The van der Waals surface area contributed by atoms with Gasteiger partial charge in [0.2, 0.25) is 5.91 Å². The summed E-state index contributed by atoms with van der Waals surface area (Å²) < 4.78 is 5.04. The molecule has 0 aromatic heterocycles. The first-order valence-corrected chi connectivity index (χ1v) is 6.25. The Morgan fingerprint density at radius 2 is 2.28 bits per heavy atom. The molecule has 0 heterocycles. The molecular weight excluding hydrogens is 254 g/mol. The molecule has 1 aromatic rings. The number of aliphatic hydroxyl groups is 1. The van der Waals surface area contributed by atoms with E-state index < -0.39 is 5.41 Å². The van der Waals surface area contributed by atoms with Gasteiger partial charge in [0.25, 0.3) is 0 Å². The van der Waals surface area contributed by atoms with E-state index in [1.165, 1.54) is 7.11 Å². The summed E-state index contributed by atoms with van der Waals surface area (Å²) in [5.74, 6) is 0.424. The minimum Gasteiger partial charge on any atom is -0.495 e. The first kappa shape index (κ1) is 13.2. The van der Waals surface area contributed by atoms with Gasteiger partial charge in [-0.15, -0.1) is 0 Å². The van der Waals surface area contributed by atoms with Crippen LogP contribution in [0.5, 0.6) is 5.75 Å². The standard InChI is InChI=1S/C13H16ClNO3/c1-18-11-4-3-9(7-10(11)14)15-12(17)13(8-16)5-2-6-13/h3-4,7,16H,2,5-6,8H2,1H3,(H,15,17). The van der Waals surface area contributed by atoms with E-state index in [9.17, 15) is 9.90 Å². The molecule has 0 spiro atoms. The van der Waals surface area contributed by atoms with E-state index in [1.54, 1.807) is 18.2 Å². The first-order valence-electron chi connectivity index (χ1n) is 5.87. The van der Waals surface area contributed by atoms with Gasteiger partial charge in [-0.25, -0.2) is 0 Å². The molecule has 0 saturated heterocycles. The maximum absolute atomic E-state index is 12.1. The number of anilines is 1. The van der Waals surface area contributed by atoms with Gasteiger partial charge in [0.1, 0.15) is 5.75 Å². The molecule has 1 saturated carbocycles. The van der Waals surface area contributed by atoms with Gasteiger partial charge in [-0.2, -0.15) is 0 Å². The third-order valence-corrected chi connectivity index (χ3v) is 3.80. The number of halogens is 1. The zero-order valence-corrected chi connectivity index (χ0v) is 11.0. The highest BCUT2D eigenvalue weighted by molar-refractivity contribution is 6.32. The van der Waals surface area contributed by atoms with Crippen LogP contribution in [0, 0.1) is 5.41 Å². The lowest BCUT2D eigenvalue weighted by molar-refractivity contribution is -0.133. The van der Waals surface area contributed by atoms with E-state index in [-0.39, 0.29) is 12.5 Å². The number of rotatable bonds is 4. The van der Waals surface area contributed by atoms with Crippen LogP contribution in [-0.2, 0) is 4.79 Å². The summed E-state index contributed by atoms with van der Waals surface area (Å²) in [6, 6.07) is 5.07. The van der Waals surface area contributed by atoms with Gasteiger partial charge in [0.05, 0.1) is 24.2 Å². The van der Waals surface area contributed by atoms with E-state index in [2.05, 4.69) is 5.32 Å². The third kappa shape index (κ3) is 2.31. The van der Waals surface area contributed by atoms with E-state index in [4.69, 9.17) is 16.3 Å². The summed E-state index contributed by atoms with van der Waals surface area (Å²) in [6.07, 6.45) is 2.45. The number of carbonyl (C=O) groups is 1. The lowest BCUT2D eigenvalue weighted by Crippen LogP contribution is -2.44. The number of nitrogens with one attached hydrogen (secondary N) is 1. The zero-order valence-electron chi connectivity index (χ0n) is 10.2. The lowest BCUT2D eigenvalue weighted by Gasteiger charge is -2.38. The fraction of sp³-hybridized carbons (Fsp3) is 0.462. The second-order valence-electron chi connectivity index (χ2n) is 4.60. The minimum absolute atomic E-state index is 0.108. The van der Waals surface area contributed by atoms with Gasteiger partial charge in [0.15, 0.2) is 0 Å². The highest BCUT2D eigenvalue weighted by Crippen LogP contribution is 2.41. The summed E-state index contributed by atoms with van der Waals surface area (Å²) in [6.45, 7) is -0.108. The topological polar surface area (TPSA) is 58.6 Å². The molecule has 0 radical (unpaired) electrons. The fourth-order valence-corrected chi connectivity index (χ4v) is 2.33. The zero-order chi connectivity index (χ0) is 13.2. The molecule has 0 bridgehead atoms. The smallest absolute Gasteiger partial charge is 0.232 e. The Morgan fingerprint density at radius 1 is 1.56 bits per heavy atom. The number of benzene rings is 1. The number of amides is 1. The molecule has 1 aliphatic carbocycles. The maximum atomic E-state index is 12.1. The van der Waals surface area contributed by atoms with Crippen molar-refractivity contribution in [3.8, 4) is 5.75 Å². The van der Waals surface area contributed by atoms with Crippen molar-refractivity contribution in [2.45, 2.75) is 19.3 Å². The maximum Gasteiger partial charge on any atom is 0.232 e. The van der Waals surface area contributed by atoms with Crippen molar-refractivity contribution < 1.29 is 14.6 Å². The largest absolute Gasteiger partial charge is 0.495 e. The fourth-order valence-electron chi connectivity index (χ4n) is 2.07. The minimum atomic E-state index is -0.605. The van der Waals surface area contributed by atoms with Crippen LogP contribution in [0.4, 0.5) is 5.69 Å². The Hall–Kier alpha value is -1.26. The van der Waals surface area contributed by atoms with Gasteiger partial charge in [0, 0.05) is 5.69 Å². The van der Waals surface area contributed by atoms with E-state index >= 15 is 0 Å². The third-order valence-electron chi connectivity index (χ3n) is 3.50. The van der Waals surface area contributed by atoms with Crippen molar-refractivity contribution in [3.05, 3.63) is 23.2 Å². The van der Waals surface area contributed by atoms with Gasteiger partial charge >= 0.3 is 0 Å². The lowest BCUT2D eigenvalue weighted by atomic mass is 9.68. The average Bonchev–Trinajstić information content (AvgIpc) is 2.28. The van der Waals surface area contributed by atoms with Crippen molar-refractivity contribution in [1.82, 2.24) is 0 Å². The second kappa shape index (κ2) is 5.16. The Kier molecular flexibility index (Phi) is 3.78. The number of carbonyl (C=O) groups excluding carboxylic acids is 1. The van der Waals surface area contributed by atoms with Crippen LogP contribution >= 0.6 is 11.6 Å². The van der Waals surface area contributed by atoms with Crippen molar-refractivity contribution in [2.75, 3.05) is 19.0 Å². The van der Waals surface area contributed by atoms with Crippen molar-refractivity contribution in [1.29, 1.82) is 0 Å². The second-order valence-corrected chi connectivity index (χ2v) is 5.00. The SMILES string of the molecule is COc1ccc(NC(=O)C2(CO)CCC2)cc1Cl. The number of ether oxygens (including phenoxy) is 1. The monoisotopic (exact) mass is 269 g/mol. The summed E-state index contributed by atoms with van der Waals surface area (Å²) in [7, 11) is 1.54. The first-order chi connectivity index (χ1) is 8.61. The van der Waals surface area contributed by atoms with Gasteiger partial charge in [-0.1, -0.05) is 18.0 Å². The molecule has 18 heavy (non-hydrogen) atoms. The molecule has 0 unspecified atom stereocenters. The van der Waals surface area contributed by atoms with E-state index in [0.29, 0.717) is 16.5 Å². The summed E-state index contributed by atoms with van der Waals surface area (Å²) in [4.78, 5) is 12.1. The molecule has 5 heteroatoms. The molecule has 0 atom stereocenters. The van der Waals surface area contributed by atoms with E-state index in [0.717, 1.165) is 19.3 Å². The molecule has 4 nitrogen and oxygen atoms in total. The Labute approximate surface area is 111 Å². The molecular formula is C13H16ClNO3. The van der Waals surface area contributed by atoms with Crippen LogP contribution in [-0.4, -0.2) is 24.7 Å². The van der Waals surface area contributed by atoms with Crippen LogP contribution in [0.15, 0.2) is 18.2 Å².